The molecule has 0 radical (unpaired) electrons. The van der Waals surface area contributed by atoms with Crippen molar-refractivity contribution in [3.8, 4) is 22.2 Å². The number of ether oxygens (including phenoxy) is 1. The van der Waals surface area contributed by atoms with Crippen molar-refractivity contribution in [2.75, 3.05) is 23.7 Å². The lowest BCUT2D eigenvalue weighted by Gasteiger charge is -2.58. The van der Waals surface area contributed by atoms with Gasteiger partial charge in [0.25, 0.3) is 5.89 Å². The fourth-order valence-electron chi connectivity index (χ4n) is 8.44. The zero-order chi connectivity index (χ0) is 29.8. The van der Waals surface area contributed by atoms with Gasteiger partial charge in [-0.05, 0) is 93.5 Å². The molecule has 3 aromatic heterocycles. The quantitative estimate of drug-likeness (QED) is 0.219. The third-order valence-corrected chi connectivity index (χ3v) is 10.6. The summed E-state index contributed by atoms with van der Waals surface area (Å²) in [5, 5.41) is 27.6. The highest BCUT2D eigenvalue weighted by atomic mass is 32.1. The van der Waals surface area contributed by atoms with Crippen LogP contribution in [0, 0.1) is 17.8 Å². The molecule has 10 nitrogen and oxygen atoms in total. The maximum absolute atomic E-state index is 11.1. The average molecular weight is 614 g/mol. The molecule has 2 unspecified atom stereocenters. The van der Waals surface area contributed by atoms with Crippen LogP contribution in [0.1, 0.15) is 51.5 Å². The first kappa shape index (κ1) is 28.1. The van der Waals surface area contributed by atoms with Gasteiger partial charge in [-0.2, -0.15) is 0 Å². The zero-order valence-electron chi connectivity index (χ0n) is 25.1. The van der Waals surface area contributed by atoms with Crippen molar-refractivity contribution >= 4 is 28.1 Å². The van der Waals surface area contributed by atoms with Crippen LogP contribution < -0.4 is 10.6 Å². The van der Waals surface area contributed by atoms with Crippen molar-refractivity contribution in [1.82, 2.24) is 25.1 Å². The molecule has 9 rings (SSSR count). The van der Waals surface area contributed by atoms with Crippen LogP contribution in [0.15, 0.2) is 53.1 Å². The Balaban J connectivity index is 1.04. The maximum atomic E-state index is 11.1. The van der Waals surface area contributed by atoms with Crippen molar-refractivity contribution in [1.29, 1.82) is 0 Å². The average Bonchev–Trinajstić information content (AvgIpc) is 3.64. The number of benzene rings is 1. The molecule has 230 valence electrons. The van der Waals surface area contributed by atoms with E-state index in [1.807, 2.05) is 30.3 Å². The van der Waals surface area contributed by atoms with Crippen LogP contribution in [0.3, 0.4) is 0 Å². The molecule has 1 aliphatic heterocycles. The normalized spacial score (nSPS) is 31.3. The van der Waals surface area contributed by atoms with Crippen molar-refractivity contribution in [3.05, 3.63) is 54.2 Å². The predicted octanol–water partition coefficient (Wildman–Crippen LogP) is 5.96. The Morgan fingerprint density at radius 3 is 2.45 bits per heavy atom. The molecule has 0 spiro atoms. The van der Waals surface area contributed by atoms with Gasteiger partial charge in [0.15, 0.2) is 5.13 Å². The molecule has 4 aliphatic carbocycles. The molecule has 4 bridgehead atoms. The van der Waals surface area contributed by atoms with E-state index >= 15 is 0 Å². The molecular formula is C33H39N7O3S. The number of aliphatic hydroxyl groups is 1. The Morgan fingerprint density at radius 1 is 0.977 bits per heavy atom. The van der Waals surface area contributed by atoms with Crippen molar-refractivity contribution in [2.24, 2.45) is 17.8 Å². The molecule has 5 fully saturated rings. The maximum Gasteiger partial charge on any atom is 0.259 e. The molecule has 0 amide bonds. The molecule has 4 heterocycles. The van der Waals surface area contributed by atoms with Gasteiger partial charge >= 0.3 is 0 Å². The van der Waals surface area contributed by atoms with Crippen LogP contribution in [0.25, 0.3) is 22.2 Å². The van der Waals surface area contributed by atoms with Crippen molar-refractivity contribution < 1.29 is 14.3 Å². The SMILES string of the molecule is C[C@@H]1CN(Cc2cc(Nc3ncc(-c4nnc(-c5ccccc5)o4)s3)nc(NC3C4CC5CC3CC(O)(C5)C4)c2)C[C@H](C)O1. The number of thiazole rings is 1. The summed E-state index contributed by atoms with van der Waals surface area (Å²) in [6, 6.07) is 14.4. The highest BCUT2D eigenvalue weighted by Gasteiger charge is 2.54. The number of pyridine rings is 1. The van der Waals surface area contributed by atoms with Gasteiger partial charge in [0.1, 0.15) is 16.5 Å². The molecule has 5 aliphatic rings. The highest BCUT2D eigenvalue weighted by molar-refractivity contribution is 7.18. The lowest BCUT2D eigenvalue weighted by atomic mass is 9.52. The van der Waals surface area contributed by atoms with Gasteiger partial charge in [0.2, 0.25) is 5.89 Å². The van der Waals surface area contributed by atoms with Gasteiger partial charge in [-0.3, -0.25) is 4.90 Å². The number of hydrogen-bond donors (Lipinski definition) is 3. The van der Waals surface area contributed by atoms with Gasteiger partial charge in [0, 0.05) is 31.2 Å². The van der Waals surface area contributed by atoms with Crippen LogP contribution in [-0.4, -0.2) is 67.1 Å². The van der Waals surface area contributed by atoms with E-state index in [1.54, 1.807) is 6.20 Å². The Hall–Kier alpha value is -3.38. The molecule has 11 heteroatoms. The fraction of sp³-hybridized carbons (Fsp3) is 0.515. The Kier molecular flexibility index (Phi) is 7.16. The van der Waals surface area contributed by atoms with Gasteiger partial charge in [-0.15, -0.1) is 10.2 Å². The van der Waals surface area contributed by atoms with Crippen LogP contribution >= 0.6 is 11.3 Å². The molecule has 3 N–H and O–H groups in total. The number of nitrogens with one attached hydrogen (secondary N) is 2. The van der Waals surface area contributed by atoms with Crippen LogP contribution in [0.5, 0.6) is 0 Å². The summed E-state index contributed by atoms with van der Waals surface area (Å²) in [4.78, 5) is 12.9. The largest absolute Gasteiger partial charge is 0.415 e. The summed E-state index contributed by atoms with van der Waals surface area (Å²) in [6.45, 7) is 6.89. The zero-order valence-corrected chi connectivity index (χ0v) is 26.0. The minimum atomic E-state index is -0.455. The second-order valence-electron chi connectivity index (χ2n) is 13.5. The number of aromatic nitrogens is 4. The first-order valence-electron chi connectivity index (χ1n) is 15.8. The van der Waals surface area contributed by atoms with E-state index in [-0.39, 0.29) is 12.2 Å². The van der Waals surface area contributed by atoms with Gasteiger partial charge in [-0.25, -0.2) is 9.97 Å². The molecule has 44 heavy (non-hydrogen) atoms. The topological polar surface area (TPSA) is 121 Å². The third kappa shape index (κ3) is 5.74. The number of nitrogens with zero attached hydrogens (tertiary/aromatic N) is 5. The first-order valence-corrected chi connectivity index (χ1v) is 16.7. The standard InChI is InChI=1S/C33H39N7O3S/c1-19-16-40(17-20(2)42-19)18-22-10-27(36-29-24-8-21-9-25(29)14-33(41,12-21)13-24)35-28(11-22)37-32-34-15-26(44-32)31-39-38-30(43-31)23-6-4-3-5-7-23/h3-7,10-11,15,19-21,24-25,29,41H,8-9,12-14,16-18H2,1-2H3,(H2,34,35,36,37)/t19-,20+,21?,24?,25?,29?,33?. The second-order valence-corrected chi connectivity index (χ2v) is 14.5. The minimum absolute atomic E-state index is 0.204. The minimum Gasteiger partial charge on any atom is -0.415 e. The van der Waals surface area contributed by atoms with Gasteiger partial charge in [-0.1, -0.05) is 29.5 Å². The first-order chi connectivity index (χ1) is 21.3. The number of morpholine rings is 1. The molecule has 1 aromatic carbocycles. The molecular weight excluding hydrogens is 574 g/mol. The van der Waals surface area contributed by atoms with Crippen molar-refractivity contribution in [2.45, 2.75) is 76.3 Å². The van der Waals surface area contributed by atoms with E-state index in [4.69, 9.17) is 14.1 Å². The van der Waals surface area contributed by atoms with Crippen LogP contribution in [0.4, 0.5) is 16.8 Å². The Morgan fingerprint density at radius 2 is 1.70 bits per heavy atom. The molecule has 4 aromatic rings. The lowest BCUT2D eigenvalue weighted by Crippen LogP contribution is -2.59. The summed E-state index contributed by atoms with van der Waals surface area (Å²) in [5.74, 6) is 4.20. The Bertz CT molecular complexity index is 1600. The van der Waals surface area contributed by atoms with Gasteiger partial charge in [0.05, 0.1) is 24.0 Å². The third-order valence-electron chi connectivity index (χ3n) is 9.74. The molecule has 4 atom stereocenters. The predicted molar refractivity (Wildman–Crippen MR) is 170 cm³/mol. The fourth-order valence-corrected chi connectivity index (χ4v) is 9.18. The molecule has 4 saturated carbocycles. The van der Waals surface area contributed by atoms with E-state index in [0.717, 1.165) is 61.0 Å². The molecule has 1 saturated heterocycles. The monoisotopic (exact) mass is 613 g/mol. The number of rotatable bonds is 8. The van der Waals surface area contributed by atoms with Crippen LogP contribution in [-0.2, 0) is 11.3 Å². The number of anilines is 3. The van der Waals surface area contributed by atoms with E-state index in [1.165, 1.54) is 29.7 Å². The summed E-state index contributed by atoms with van der Waals surface area (Å²) >= 11 is 1.46. The summed E-state index contributed by atoms with van der Waals surface area (Å²) in [5.41, 5.74) is 1.62. The summed E-state index contributed by atoms with van der Waals surface area (Å²) < 4.78 is 11.9. The van der Waals surface area contributed by atoms with E-state index in [0.29, 0.717) is 40.7 Å². The van der Waals surface area contributed by atoms with Gasteiger partial charge < -0.3 is 24.9 Å². The number of hydrogen-bond acceptors (Lipinski definition) is 11. The highest BCUT2D eigenvalue weighted by Crippen LogP contribution is 2.56. The second kappa shape index (κ2) is 11.2. The van der Waals surface area contributed by atoms with Crippen molar-refractivity contribution in [3.63, 3.8) is 0 Å². The summed E-state index contributed by atoms with van der Waals surface area (Å²) in [6.07, 6.45) is 7.35. The lowest BCUT2D eigenvalue weighted by molar-refractivity contribution is -0.129. The van der Waals surface area contributed by atoms with E-state index in [2.05, 4.69) is 56.7 Å². The van der Waals surface area contributed by atoms with E-state index in [9.17, 15) is 5.11 Å². The van der Waals surface area contributed by atoms with Crippen LogP contribution in [0.2, 0.25) is 0 Å². The smallest absolute Gasteiger partial charge is 0.259 e. The Labute approximate surface area is 261 Å². The summed E-state index contributed by atoms with van der Waals surface area (Å²) in [7, 11) is 0. The van der Waals surface area contributed by atoms with E-state index < -0.39 is 5.60 Å².